The molecule has 3 aromatic carbocycles. The number of para-hydroxylation sites is 1. The van der Waals surface area contributed by atoms with Gasteiger partial charge in [-0.1, -0.05) is 42.5 Å². The fourth-order valence-electron chi connectivity index (χ4n) is 2.57. The van der Waals surface area contributed by atoms with Crippen LogP contribution in [0.5, 0.6) is 5.75 Å². The Morgan fingerprint density at radius 3 is 2.36 bits per heavy atom. The van der Waals surface area contributed by atoms with E-state index in [9.17, 15) is 17.9 Å². The monoisotopic (exact) mass is 357 g/mol. The van der Waals surface area contributed by atoms with Crippen LogP contribution in [0.2, 0.25) is 0 Å². The highest BCUT2D eigenvalue weighted by atomic mass is 32.2. The van der Waals surface area contributed by atoms with Crippen molar-refractivity contribution in [2.24, 2.45) is 0 Å². The van der Waals surface area contributed by atoms with E-state index in [-0.39, 0.29) is 16.1 Å². The minimum Gasteiger partial charge on any atom is -0.504 e. The maximum atomic E-state index is 14.2. The van der Waals surface area contributed by atoms with Crippen LogP contribution in [0.25, 0.3) is 11.1 Å². The fraction of sp³-hybridized carbons (Fsp3) is 0.0526. The van der Waals surface area contributed by atoms with Crippen LogP contribution in [0.15, 0.2) is 71.6 Å². The molecule has 128 valence electrons. The smallest absolute Gasteiger partial charge is 0.186 e. The highest BCUT2D eigenvalue weighted by Crippen LogP contribution is 2.32. The number of aromatic hydroxyl groups is 1. The van der Waals surface area contributed by atoms with Crippen molar-refractivity contribution < 1.29 is 17.9 Å². The molecule has 3 aromatic rings. The highest BCUT2D eigenvalue weighted by Gasteiger charge is 2.22. The van der Waals surface area contributed by atoms with Gasteiger partial charge in [0.25, 0.3) is 0 Å². The van der Waals surface area contributed by atoms with Gasteiger partial charge in [0.1, 0.15) is 10.7 Å². The number of hydrogen-bond donors (Lipinski definition) is 2. The lowest BCUT2D eigenvalue weighted by atomic mass is 10.0. The Balaban J connectivity index is 2.01. The van der Waals surface area contributed by atoms with E-state index < -0.39 is 27.2 Å². The average Bonchev–Trinajstić information content (AvgIpc) is 2.59. The first kappa shape index (κ1) is 17.0. The van der Waals surface area contributed by atoms with Gasteiger partial charge in [-0.25, -0.2) is 12.8 Å². The second kappa shape index (κ2) is 6.57. The SMILES string of the molecule is Nc1cccc(S(=O)(=O)Cc2cc(-c3ccccc3)ccc2F)c1O. The molecule has 3 rings (SSSR count). The second-order valence-corrected chi connectivity index (χ2v) is 7.58. The number of halogens is 1. The summed E-state index contributed by atoms with van der Waals surface area (Å²) in [6, 6.07) is 17.7. The molecular weight excluding hydrogens is 341 g/mol. The molecule has 0 bridgehead atoms. The summed E-state index contributed by atoms with van der Waals surface area (Å²) >= 11 is 0. The fourth-order valence-corrected chi connectivity index (χ4v) is 4.05. The van der Waals surface area contributed by atoms with E-state index in [1.54, 1.807) is 6.07 Å². The molecular formula is C19H16FNO3S. The number of phenols is 1. The number of phenolic OH excluding ortho intramolecular Hbond substituents is 1. The van der Waals surface area contributed by atoms with Crippen LogP contribution in [0.4, 0.5) is 10.1 Å². The Morgan fingerprint density at radius 2 is 1.64 bits per heavy atom. The van der Waals surface area contributed by atoms with Crippen molar-refractivity contribution in [1.82, 2.24) is 0 Å². The van der Waals surface area contributed by atoms with E-state index in [2.05, 4.69) is 0 Å². The van der Waals surface area contributed by atoms with E-state index in [0.29, 0.717) is 5.56 Å². The summed E-state index contributed by atoms with van der Waals surface area (Å²) in [5.41, 5.74) is 7.11. The average molecular weight is 357 g/mol. The molecule has 0 aliphatic heterocycles. The first-order valence-electron chi connectivity index (χ1n) is 7.52. The van der Waals surface area contributed by atoms with Gasteiger partial charge < -0.3 is 10.8 Å². The highest BCUT2D eigenvalue weighted by molar-refractivity contribution is 7.90. The van der Waals surface area contributed by atoms with E-state index in [1.807, 2.05) is 30.3 Å². The Morgan fingerprint density at radius 1 is 0.920 bits per heavy atom. The second-order valence-electron chi connectivity index (χ2n) is 5.63. The van der Waals surface area contributed by atoms with E-state index in [0.717, 1.165) is 5.56 Å². The van der Waals surface area contributed by atoms with Gasteiger partial charge in [0, 0.05) is 5.56 Å². The van der Waals surface area contributed by atoms with Crippen LogP contribution in [0.1, 0.15) is 5.56 Å². The molecule has 25 heavy (non-hydrogen) atoms. The molecule has 0 aromatic heterocycles. The summed E-state index contributed by atoms with van der Waals surface area (Å²) < 4.78 is 39.3. The third-order valence-electron chi connectivity index (χ3n) is 3.86. The largest absolute Gasteiger partial charge is 0.504 e. The molecule has 0 saturated heterocycles. The van der Waals surface area contributed by atoms with Gasteiger partial charge in [-0.2, -0.15) is 0 Å². The van der Waals surface area contributed by atoms with E-state index in [1.165, 1.54) is 30.3 Å². The number of hydrogen-bond acceptors (Lipinski definition) is 4. The molecule has 0 unspecified atom stereocenters. The van der Waals surface area contributed by atoms with Gasteiger partial charge in [0.2, 0.25) is 0 Å². The zero-order chi connectivity index (χ0) is 18.0. The zero-order valence-electron chi connectivity index (χ0n) is 13.2. The van der Waals surface area contributed by atoms with Crippen LogP contribution >= 0.6 is 0 Å². The summed E-state index contributed by atoms with van der Waals surface area (Å²) in [5, 5.41) is 9.92. The van der Waals surface area contributed by atoms with Crippen LogP contribution in [0, 0.1) is 5.82 Å². The van der Waals surface area contributed by atoms with Crippen molar-refractivity contribution in [3.05, 3.63) is 78.1 Å². The van der Waals surface area contributed by atoms with Gasteiger partial charge in [0.15, 0.2) is 15.6 Å². The van der Waals surface area contributed by atoms with Crippen LogP contribution in [-0.4, -0.2) is 13.5 Å². The maximum Gasteiger partial charge on any atom is 0.186 e. The van der Waals surface area contributed by atoms with Gasteiger partial charge in [-0.15, -0.1) is 0 Å². The molecule has 0 amide bonds. The number of nitrogen functional groups attached to an aromatic ring is 1. The summed E-state index contributed by atoms with van der Waals surface area (Å²) in [6.45, 7) is 0. The summed E-state index contributed by atoms with van der Waals surface area (Å²) in [5.74, 6) is -1.70. The predicted octanol–water partition coefficient (Wildman–Crippen LogP) is 3.75. The Labute approximate surface area is 145 Å². The van der Waals surface area contributed by atoms with E-state index in [4.69, 9.17) is 5.73 Å². The first-order chi connectivity index (χ1) is 11.9. The van der Waals surface area contributed by atoms with Gasteiger partial charge >= 0.3 is 0 Å². The molecule has 0 spiro atoms. The van der Waals surface area contributed by atoms with E-state index >= 15 is 0 Å². The van der Waals surface area contributed by atoms with Crippen LogP contribution < -0.4 is 5.73 Å². The molecule has 0 atom stereocenters. The van der Waals surface area contributed by atoms with Crippen molar-refractivity contribution >= 4 is 15.5 Å². The van der Waals surface area contributed by atoms with Crippen molar-refractivity contribution in [3.63, 3.8) is 0 Å². The van der Waals surface area contributed by atoms with Gasteiger partial charge in [-0.3, -0.25) is 0 Å². The standard InChI is InChI=1S/C19H16FNO3S/c20-16-10-9-14(13-5-2-1-3-6-13)11-15(16)12-25(23,24)18-8-4-7-17(21)19(18)22/h1-11,22H,12,21H2. The zero-order valence-corrected chi connectivity index (χ0v) is 14.0. The summed E-state index contributed by atoms with van der Waals surface area (Å²) in [7, 11) is -3.96. The number of anilines is 1. The van der Waals surface area contributed by atoms with Crippen LogP contribution in [-0.2, 0) is 15.6 Å². The molecule has 0 heterocycles. The number of benzene rings is 3. The molecule has 0 aliphatic carbocycles. The minimum atomic E-state index is -3.96. The third-order valence-corrected chi connectivity index (χ3v) is 5.55. The molecule has 6 heteroatoms. The summed E-state index contributed by atoms with van der Waals surface area (Å²) in [4.78, 5) is -0.308. The Kier molecular flexibility index (Phi) is 4.46. The number of rotatable bonds is 4. The number of sulfone groups is 1. The quantitative estimate of drug-likeness (QED) is 0.550. The molecule has 0 fully saturated rings. The van der Waals surface area contributed by atoms with Crippen molar-refractivity contribution in [2.75, 3.05) is 5.73 Å². The minimum absolute atomic E-state index is 0.0307. The maximum absolute atomic E-state index is 14.2. The topological polar surface area (TPSA) is 80.4 Å². The van der Waals surface area contributed by atoms with Crippen LogP contribution in [0.3, 0.4) is 0 Å². The molecule has 4 nitrogen and oxygen atoms in total. The van der Waals surface area contributed by atoms with Gasteiger partial charge in [0.05, 0.1) is 11.4 Å². The number of nitrogens with two attached hydrogens (primary N) is 1. The predicted molar refractivity (Wildman–Crippen MR) is 95.2 cm³/mol. The Bertz CT molecular complexity index is 1020. The van der Waals surface area contributed by atoms with Crippen molar-refractivity contribution in [2.45, 2.75) is 10.6 Å². The molecule has 0 aliphatic rings. The Hall–Kier alpha value is -2.86. The molecule has 0 saturated carbocycles. The normalized spacial score (nSPS) is 11.4. The van der Waals surface area contributed by atoms with Gasteiger partial charge in [-0.05, 0) is 35.4 Å². The lowest BCUT2D eigenvalue weighted by Gasteiger charge is -2.10. The first-order valence-corrected chi connectivity index (χ1v) is 9.18. The van der Waals surface area contributed by atoms with Crippen molar-refractivity contribution in [3.8, 4) is 16.9 Å². The lowest BCUT2D eigenvalue weighted by Crippen LogP contribution is -2.08. The van der Waals surface area contributed by atoms with Crippen molar-refractivity contribution in [1.29, 1.82) is 0 Å². The summed E-state index contributed by atoms with van der Waals surface area (Å²) in [6.07, 6.45) is 0. The molecule has 0 radical (unpaired) electrons. The third kappa shape index (κ3) is 3.49. The molecule has 3 N–H and O–H groups in total. The lowest BCUT2D eigenvalue weighted by molar-refractivity contribution is 0.461.